The van der Waals surface area contributed by atoms with Gasteiger partial charge in [0.05, 0.1) is 6.42 Å². The predicted octanol–water partition coefficient (Wildman–Crippen LogP) is 1.92. The summed E-state index contributed by atoms with van der Waals surface area (Å²) in [5.41, 5.74) is 0.458. The first-order valence-electron chi connectivity index (χ1n) is 6.56. The van der Waals surface area contributed by atoms with Crippen molar-refractivity contribution in [3.63, 3.8) is 0 Å². The smallest absolute Gasteiger partial charge is 0.303 e. The Bertz CT molecular complexity index is 686. The van der Waals surface area contributed by atoms with Crippen LogP contribution in [-0.4, -0.2) is 27.1 Å². The van der Waals surface area contributed by atoms with Crippen molar-refractivity contribution in [1.29, 1.82) is 0 Å². The van der Waals surface area contributed by atoms with Crippen LogP contribution in [0.2, 0.25) is 0 Å². The molecule has 0 aliphatic heterocycles. The van der Waals surface area contributed by atoms with E-state index in [1.807, 2.05) is 0 Å². The van der Waals surface area contributed by atoms with E-state index in [9.17, 15) is 14.0 Å². The normalized spacial score (nSPS) is 11.9. The fourth-order valence-corrected chi connectivity index (χ4v) is 1.75. The number of amides is 1. The lowest BCUT2D eigenvalue weighted by Gasteiger charge is -2.08. The Morgan fingerprint density at radius 2 is 2.18 bits per heavy atom. The lowest BCUT2D eigenvalue weighted by Crippen LogP contribution is -2.27. The number of carboxylic acids is 1. The van der Waals surface area contributed by atoms with Crippen molar-refractivity contribution in [2.45, 2.75) is 25.8 Å². The first-order valence-corrected chi connectivity index (χ1v) is 6.56. The molecule has 0 aliphatic carbocycles. The summed E-state index contributed by atoms with van der Waals surface area (Å²) in [6.45, 7) is 1.63. The zero-order valence-corrected chi connectivity index (χ0v) is 11.7. The first-order chi connectivity index (χ1) is 10.5. The average molecular weight is 307 g/mol. The van der Waals surface area contributed by atoms with Gasteiger partial charge >= 0.3 is 5.97 Å². The summed E-state index contributed by atoms with van der Waals surface area (Å²) in [5.74, 6) is -1.53. The number of carboxylic acid groups (broad SMARTS) is 1. The summed E-state index contributed by atoms with van der Waals surface area (Å²) in [5, 5.41) is 14.8. The third-order valence-corrected chi connectivity index (χ3v) is 2.84. The highest BCUT2D eigenvalue weighted by Crippen LogP contribution is 2.19. The monoisotopic (exact) mass is 307 g/mol. The molecule has 1 aromatic heterocycles. The Balaban J connectivity index is 2.01. The fraction of sp³-hybridized carbons (Fsp3) is 0.286. The van der Waals surface area contributed by atoms with Crippen LogP contribution in [0, 0.1) is 5.82 Å². The van der Waals surface area contributed by atoms with Crippen molar-refractivity contribution in [3.8, 4) is 11.4 Å². The zero-order valence-electron chi connectivity index (χ0n) is 11.7. The van der Waals surface area contributed by atoms with E-state index in [0.29, 0.717) is 5.56 Å². The van der Waals surface area contributed by atoms with Crippen molar-refractivity contribution >= 4 is 11.9 Å². The molecular formula is C14H14FN3O4. The van der Waals surface area contributed by atoms with E-state index in [-0.39, 0.29) is 24.6 Å². The van der Waals surface area contributed by atoms with Gasteiger partial charge in [-0.2, -0.15) is 4.98 Å². The number of nitrogens with one attached hydrogen (secondary N) is 1. The van der Waals surface area contributed by atoms with Gasteiger partial charge in [0.15, 0.2) is 0 Å². The minimum absolute atomic E-state index is 0.134. The molecule has 7 nitrogen and oxygen atoms in total. The zero-order chi connectivity index (χ0) is 16.1. The van der Waals surface area contributed by atoms with E-state index in [4.69, 9.17) is 9.63 Å². The van der Waals surface area contributed by atoms with Gasteiger partial charge in [-0.05, 0) is 19.1 Å². The number of benzene rings is 1. The maximum absolute atomic E-state index is 13.1. The summed E-state index contributed by atoms with van der Waals surface area (Å²) in [6.07, 6.45) is -0.387. The molecule has 1 unspecified atom stereocenters. The number of hydrogen-bond donors (Lipinski definition) is 2. The molecule has 22 heavy (non-hydrogen) atoms. The highest BCUT2D eigenvalue weighted by Gasteiger charge is 2.17. The first kappa shape index (κ1) is 15.6. The predicted molar refractivity (Wildman–Crippen MR) is 73.1 cm³/mol. The Labute approximate surface area is 125 Å². The lowest BCUT2D eigenvalue weighted by molar-refractivity contribution is -0.138. The van der Waals surface area contributed by atoms with Gasteiger partial charge in [-0.25, -0.2) is 4.39 Å². The van der Waals surface area contributed by atoms with Gasteiger partial charge in [-0.3, -0.25) is 9.59 Å². The second kappa shape index (κ2) is 6.79. The second-order valence-corrected chi connectivity index (χ2v) is 4.65. The van der Waals surface area contributed by atoms with Gasteiger partial charge in [-0.15, -0.1) is 0 Å². The van der Waals surface area contributed by atoms with Crippen LogP contribution in [0.15, 0.2) is 28.8 Å². The third-order valence-electron chi connectivity index (χ3n) is 2.84. The van der Waals surface area contributed by atoms with Crippen LogP contribution in [0.3, 0.4) is 0 Å². The number of nitrogens with zero attached hydrogens (tertiary/aromatic N) is 2. The van der Waals surface area contributed by atoms with Crippen LogP contribution in [0.5, 0.6) is 0 Å². The molecule has 0 bridgehead atoms. The van der Waals surface area contributed by atoms with E-state index in [2.05, 4.69) is 15.5 Å². The molecule has 0 saturated heterocycles. The van der Waals surface area contributed by atoms with Gasteiger partial charge < -0.3 is 14.9 Å². The van der Waals surface area contributed by atoms with E-state index in [1.165, 1.54) is 18.2 Å². The molecule has 0 saturated carbocycles. The van der Waals surface area contributed by atoms with Crippen LogP contribution >= 0.6 is 0 Å². The number of halogens is 1. The van der Waals surface area contributed by atoms with E-state index in [0.717, 1.165) is 0 Å². The van der Waals surface area contributed by atoms with Crippen LogP contribution in [0.25, 0.3) is 11.4 Å². The van der Waals surface area contributed by atoms with Crippen LogP contribution in [0.1, 0.15) is 31.7 Å². The molecular weight excluding hydrogens is 293 g/mol. The van der Waals surface area contributed by atoms with E-state index in [1.54, 1.807) is 13.0 Å². The Morgan fingerprint density at radius 3 is 2.86 bits per heavy atom. The molecule has 0 fully saturated rings. The number of aliphatic carboxylic acids is 1. The molecule has 116 valence electrons. The molecule has 1 aromatic carbocycles. The highest BCUT2D eigenvalue weighted by molar-refractivity contribution is 5.80. The second-order valence-electron chi connectivity index (χ2n) is 4.65. The van der Waals surface area contributed by atoms with Gasteiger partial charge in [0.1, 0.15) is 11.9 Å². The number of carbonyl (C=O) groups is 2. The van der Waals surface area contributed by atoms with Crippen LogP contribution in [0.4, 0.5) is 4.39 Å². The van der Waals surface area contributed by atoms with Crippen molar-refractivity contribution in [1.82, 2.24) is 15.5 Å². The molecule has 0 aliphatic rings. The standard InChI is InChI=1S/C14H14FN3O4/c1-8(16-11(19)5-6-12(20)21)14-17-13(18-22-14)9-3-2-4-10(15)7-9/h2-4,7-8H,5-6H2,1H3,(H,16,19)(H,20,21). The molecule has 1 amide bonds. The summed E-state index contributed by atoms with van der Waals surface area (Å²) < 4.78 is 18.2. The highest BCUT2D eigenvalue weighted by atomic mass is 19.1. The number of rotatable bonds is 6. The lowest BCUT2D eigenvalue weighted by atomic mass is 10.2. The Kier molecular flexibility index (Phi) is 4.82. The van der Waals surface area contributed by atoms with E-state index < -0.39 is 23.7 Å². The maximum Gasteiger partial charge on any atom is 0.303 e. The molecule has 2 rings (SSSR count). The van der Waals surface area contributed by atoms with Crippen molar-refractivity contribution in [2.24, 2.45) is 0 Å². The Morgan fingerprint density at radius 1 is 1.41 bits per heavy atom. The average Bonchev–Trinajstić information content (AvgIpc) is 2.95. The van der Waals surface area contributed by atoms with Crippen molar-refractivity contribution in [3.05, 3.63) is 36.0 Å². The minimum atomic E-state index is -1.05. The molecule has 2 N–H and O–H groups in total. The minimum Gasteiger partial charge on any atom is -0.481 e. The Hall–Kier alpha value is -2.77. The van der Waals surface area contributed by atoms with Crippen LogP contribution < -0.4 is 5.32 Å². The quantitative estimate of drug-likeness (QED) is 0.844. The van der Waals surface area contributed by atoms with E-state index >= 15 is 0 Å². The molecule has 1 heterocycles. The largest absolute Gasteiger partial charge is 0.481 e. The summed E-state index contributed by atoms with van der Waals surface area (Å²) in [7, 11) is 0. The molecule has 0 radical (unpaired) electrons. The van der Waals surface area contributed by atoms with Crippen molar-refractivity contribution < 1.29 is 23.6 Å². The summed E-state index contributed by atoms with van der Waals surface area (Å²) in [6, 6.07) is 5.16. The SMILES string of the molecule is CC(NC(=O)CCC(=O)O)c1nc(-c2cccc(F)c2)no1. The number of aromatic nitrogens is 2. The summed E-state index contributed by atoms with van der Waals surface area (Å²) in [4.78, 5) is 26.0. The van der Waals surface area contributed by atoms with Crippen molar-refractivity contribution in [2.75, 3.05) is 0 Å². The van der Waals surface area contributed by atoms with Gasteiger partial charge in [0, 0.05) is 12.0 Å². The van der Waals surface area contributed by atoms with Gasteiger partial charge in [0.2, 0.25) is 17.6 Å². The molecule has 0 spiro atoms. The summed E-state index contributed by atoms with van der Waals surface area (Å²) >= 11 is 0. The van der Waals surface area contributed by atoms with Crippen LogP contribution in [-0.2, 0) is 9.59 Å². The molecule has 8 heteroatoms. The third kappa shape index (κ3) is 4.11. The van der Waals surface area contributed by atoms with Gasteiger partial charge in [-0.1, -0.05) is 17.3 Å². The molecule has 1 atom stereocenters. The topological polar surface area (TPSA) is 105 Å². The number of carbonyl (C=O) groups excluding carboxylic acids is 1. The maximum atomic E-state index is 13.1. The molecule has 2 aromatic rings. The fourth-order valence-electron chi connectivity index (χ4n) is 1.75. The number of hydrogen-bond acceptors (Lipinski definition) is 5. The van der Waals surface area contributed by atoms with Gasteiger partial charge in [0.25, 0.3) is 0 Å².